The predicted octanol–water partition coefficient (Wildman–Crippen LogP) is 2.64. The first kappa shape index (κ1) is 12.4. The second-order valence-corrected chi connectivity index (χ2v) is 6.46. The molecule has 0 unspecified atom stereocenters. The summed E-state index contributed by atoms with van der Waals surface area (Å²) >= 11 is 0. The van der Waals surface area contributed by atoms with E-state index < -0.39 is 0 Å². The molecule has 0 radical (unpaired) electrons. The summed E-state index contributed by atoms with van der Waals surface area (Å²) in [6.45, 7) is 7.19. The molecule has 1 aliphatic carbocycles. The largest absolute Gasteiger partial charge is 0.369 e. The highest BCUT2D eigenvalue weighted by atomic mass is 16.6. The fourth-order valence-corrected chi connectivity index (χ4v) is 3.41. The molecule has 100 valence electrons. The van der Waals surface area contributed by atoms with Crippen molar-refractivity contribution in [2.24, 2.45) is 5.92 Å². The highest BCUT2D eigenvalue weighted by molar-refractivity contribution is 5.80. The number of ketones is 1. The first-order chi connectivity index (χ1) is 8.46. The molecule has 0 bridgehead atoms. The van der Waals surface area contributed by atoms with E-state index in [9.17, 15) is 4.79 Å². The molecule has 2 aliphatic heterocycles. The van der Waals surface area contributed by atoms with Crippen LogP contribution in [0.4, 0.5) is 0 Å². The summed E-state index contributed by atoms with van der Waals surface area (Å²) in [4.78, 5) is 11.7. The molecule has 0 aromatic heterocycles. The van der Waals surface area contributed by atoms with E-state index in [0.717, 1.165) is 19.4 Å². The number of carbonyl (C=O) groups excluding carboxylic acids is 1. The highest BCUT2D eigenvalue weighted by Crippen LogP contribution is 2.58. The predicted molar refractivity (Wildman–Crippen MR) is 68.4 cm³/mol. The van der Waals surface area contributed by atoms with Crippen LogP contribution in [0.1, 0.15) is 46.5 Å². The summed E-state index contributed by atoms with van der Waals surface area (Å²) in [6, 6.07) is 0. The fourth-order valence-electron chi connectivity index (χ4n) is 3.41. The van der Waals surface area contributed by atoms with Crippen molar-refractivity contribution in [1.82, 2.24) is 0 Å². The van der Waals surface area contributed by atoms with Gasteiger partial charge in [-0.3, -0.25) is 4.79 Å². The van der Waals surface area contributed by atoms with Gasteiger partial charge in [0, 0.05) is 18.8 Å². The van der Waals surface area contributed by atoms with Gasteiger partial charge >= 0.3 is 0 Å². The van der Waals surface area contributed by atoms with Crippen molar-refractivity contribution in [3.63, 3.8) is 0 Å². The Labute approximate surface area is 109 Å². The number of rotatable bonds is 3. The lowest BCUT2D eigenvalue weighted by atomic mass is 9.71. The van der Waals surface area contributed by atoms with Crippen LogP contribution < -0.4 is 0 Å². The number of hydrogen-bond acceptors (Lipinski definition) is 3. The van der Waals surface area contributed by atoms with Gasteiger partial charge in [0.15, 0.2) is 0 Å². The van der Waals surface area contributed by atoms with E-state index in [-0.39, 0.29) is 23.2 Å². The lowest BCUT2D eigenvalue weighted by Crippen LogP contribution is -2.42. The molecule has 1 saturated carbocycles. The van der Waals surface area contributed by atoms with Crippen molar-refractivity contribution in [3.8, 4) is 0 Å². The van der Waals surface area contributed by atoms with E-state index in [0.29, 0.717) is 18.6 Å². The molecule has 0 amide bonds. The number of Topliss-reactive ketones (excluding diaryl/α,β-unsaturated/α-hetero) is 1. The van der Waals surface area contributed by atoms with Gasteiger partial charge in [-0.15, -0.1) is 0 Å². The van der Waals surface area contributed by atoms with Crippen LogP contribution in [-0.2, 0) is 14.3 Å². The molecule has 4 atom stereocenters. The Morgan fingerprint density at radius 2 is 2.22 bits per heavy atom. The number of hydrogen-bond donors (Lipinski definition) is 0. The monoisotopic (exact) mass is 250 g/mol. The minimum absolute atomic E-state index is 0.0254. The maximum Gasteiger partial charge on any atom is 0.133 e. The van der Waals surface area contributed by atoms with Gasteiger partial charge < -0.3 is 9.47 Å². The lowest BCUT2D eigenvalue weighted by Gasteiger charge is -2.31. The Balaban J connectivity index is 1.71. The minimum Gasteiger partial charge on any atom is -0.369 e. The Morgan fingerprint density at radius 1 is 1.50 bits per heavy atom. The van der Waals surface area contributed by atoms with Crippen molar-refractivity contribution < 1.29 is 14.3 Å². The molecular weight excluding hydrogens is 228 g/mol. The SMILES string of the molecule is CC(C)=CC[C@H]1O[C@]1(C)[C@@H]1CC(=O)CC[C@]12CO2. The van der Waals surface area contributed by atoms with Crippen LogP contribution in [0.15, 0.2) is 11.6 Å². The smallest absolute Gasteiger partial charge is 0.133 e. The van der Waals surface area contributed by atoms with Crippen LogP contribution in [0.25, 0.3) is 0 Å². The average Bonchev–Trinajstić information content (AvgIpc) is 3.19. The summed E-state index contributed by atoms with van der Waals surface area (Å²) in [7, 11) is 0. The third kappa shape index (κ3) is 1.94. The molecule has 0 aromatic carbocycles. The summed E-state index contributed by atoms with van der Waals surface area (Å²) < 4.78 is 11.6. The number of allylic oxidation sites excluding steroid dienone is 1. The number of carbonyl (C=O) groups is 1. The summed E-state index contributed by atoms with van der Waals surface area (Å²) in [5, 5.41) is 0. The van der Waals surface area contributed by atoms with Crippen molar-refractivity contribution in [1.29, 1.82) is 0 Å². The van der Waals surface area contributed by atoms with Crippen molar-refractivity contribution >= 4 is 5.78 Å². The van der Waals surface area contributed by atoms with E-state index in [1.807, 2.05) is 0 Å². The minimum atomic E-state index is -0.140. The molecule has 3 heteroatoms. The van der Waals surface area contributed by atoms with Crippen molar-refractivity contribution in [3.05, 3.63) is 11.6 Å². The van der Waals surface area contributed by atoms with E-state index in [2.05, 4.69) is 26.8 Å². The molecule has 3 rings (SSSR count). The van der Waals surface area contributed by atoms with Gasteiger partial charge in [0.05, 0.1) is 23.9 Å². The molecule has 18 heavy (non-hydrogen) atoms. The normalized spacial score (nSPS) is 46.1. The average molecular weight is 250 g/mol. The van der Waals surface area contributed by atoms with E-state index in [1.165, 1.54) is 5.57 Å². The van der Waals surface area contributed by atoms with Crippen LogP contribution in [0.3, 0.4) is 0 Å². The summed E-state index contributed by atoms with van der Waals surface area (Å²) in [6.07, 6.45) is 5.67. The molecular formula is C15H22O3. The second-order valence-electron chi connectivity index (χ2n) is 6.46. The number of ether oxygens (including phenoxy) is 2. The first-order valence-electron chi connectivity index (χ1n) is 6.93. The number of epoxide rings is 2. The van der Waals surface area contributed by atoms with Gasteiger partial charge in [0.1, 0.15) is 5.78 Å². The Hall–Kier alpha value is -0.670. The molecule has 0 aromatic rings. The van der Waals surface area contributed by atoms with Crippen LogP contribution >= 0.6 is 0 Å². The third-order valence-electron chi connectivity index (χ3n) is 4.82. The van der Waals surface area contributed by atoms with Gasteiger partial charge in [-0.1, -0.05) is 11.6 Å². The Kier molecular flexibility index (Phi) is 2.69. The Morgan fingerprint density at radius 3 is 2.83 bits per heavy atom. The molecule has 2 heterocycles. The molecule has 0 N–H and O–H groups in total. The van der Waals surface area contributed by atoms with E-state index in [1.54, 1.807) is 0 Å². The fraction of sp³-hybridized carbons (Fsp3) is 0.800. The van der Waals surface area contributed by atoms with Crippen LogP contribution in [0.2, 0.25) is 0 Å². The first-order valence-corrected chi connectivity index (χ1v) is 6.93. The maximum absolute atomic E-state index is 11.7. The zero-order valence-corrected chi connectivity index (χ0v) is 11.5. The third-order valence-corrected chi connectivity index (χ3v) is 4.82. The molecule has 3 aliphatic rings. The van der Waals surface area contributed by atoms with Crippen LogP contribution in [0.5, 0.6) is 0 Å². The maximum atomic E-state index is 11.7. The summed E-state index contributed by atoms with van der Waals surface area (Å²) in [5.74, 6) is 0.639. The van der Waals surface area contributed by atoms with Gasteiger partial charge in [-0.05, 0) is 33.6 Å². The lowest BCUT2D eigenvalue weighted by molar-refractivity contribution is -0.124. The molecule has 3 fully saturated rings. The Bertz CT molecular complexity index is 404. The van der Waals surface area contributed by atoms with Crippen molar-refractivity contribution in [2.45, 2.75) is 63.8 Å². The zero-order valence-electron chi connectivity index (χ0n) is 11.5. The van der Waals surface area contributed by atoms with E-state index in [4.69, 9.17) is 9.47 Å². The standard InChI is InChI=1S/C15H22O3/c1-10(2)4-5-13-14(3,18-13)12-8-11(16)6-7-15(12)9-17-15/h4,12-13H,5-9H2,1-3H3/t12-,13+,14+,15-/m0/s1. The quantitative estimate of drug-likeness (QED) is 0.571. The topological polar surface area (TPSA) is 42.1 Å². The molecule has 1 spiro atoms. The molecule has 2 saturated heterocycles. The van der Waals surface area contributed by atoms with Gasteiger partial charge in [0.2, 0.25) is 0 Å². The van der Waals surface area contributed by atoms with E-state index >= 15 is 0 Å². The van der Waals surface area contributed by atoms with Crippen LogP contribution in [-0.4, -0.2) is 29.7 Å². The summed E-state index contributed by atoms with van der Waals surface area (Å²) in [5.41, 5.74) is 1.16. The van der Waals surface area contributed by atoms with Gasteiger partial charge in [-0.25, -0.2) is 0 Å². The highest BCUT2D eigenvalue weighted by Gasteiger charge is 2.68. The van der Waals surface area contributed by atoms with Gasteiger partial charge in [0.25, 0.3) is 0 Å². The molecule has 3 nitrogen and oxygen atoms in total. The van der Waals surface area contributed by atoms with Crippen LogP contribution in [0, 0.1) is 5.92 Å². The zero-order chi connectivity index (χ0) is 13.0. The van der Waals surface area contributed by atoms with Crippen molar-refractivity contribution in [2.75, 3.05) is 6.61 Å². The van der Waals surface area contributed by atoms with Gasteiger partial charge in [-0.2, -0.15) is 0 Å². The second kappa shape index (κ2) is 3.91.